The van der Waals surface area contributed by atoms with E-state index in [2.05, 4.69) is 121 Å². The number of hydrogen-bond donors (Lipinski definition) is 0. The second kappa shape index (κ2) is 10.3. The first-order valence-corrected chi connectivity index (χ1v) is 15.2. The predicted molar refractivity (Wildman–Crippen MR) is 186 cm³/mol. The van der Waals surface area contributed by atoms with Crippen LogP contribution in [0, 0.1) is 0 Å². The lowest BCUT2D eigenvalue weighted by molar-refractivity contribution is 0.669. The summed E-state index contributed by atoms with van der Waals surface area (Å²) in [6.45, 7) is 0. The molecule has 0 aliphatic heterocycles. The minimum Gasteiger partial charge on any atom is -0.456 e. The summed E-state index contributed by atoms with van der Waals surface area (Å²) >= 11 is 0. The summed E-state index contributed by atoms with van der Waals surface area (Å²) in [7, 11) is 0. The van der Waals surface area contributed by atoms with Crippen molar-refractivity contribution in [2.24, 2.45) is 0 Å². The zero-order valence-corrected chi connectivity index (χ0v) is 24.3. The van der Waals surface area contributed by atoms with Crippen molar-refractivity contribution >= 4 is 43.5 Å². The maximum absolute atomic E-state index is 6.40. The lowest BCUT2D eigenvalue weighted by Gasteiger charge is -2.09. The third-order valence-electron chi connectivity index (χ3n) is 8.67. The second-order valence-electron chi connectivity index (χ2n) is 11.4. The van der Waals surface area contributed by atoms with Crippen molar-refractivity contribution < 1.29 is 4.42 Å². The second-order valence-corrected chi connectivity index (χ2v) is 11.4. The summed E-state index contributed by atoms with van der Waals surface area (Å²) in [5.41, 5.74) is 8.82. The molecule has 3 nitrogen and oxygen atoms in total. The SMILES string of the molecule is c1ccc(-c2cc(-c3ccccc3)nc(-c3ccc4c(c3)oc3ccc(-c5ccc6c(ccc7ccccc76)c5)cc34)n2)cc1. The molecule has 0 unspecified atom stereocenters. The molecule has 2 heterocycles. The Kier molecular flexibility index (Phi) is 5.82. The summed E-state index contributed by atoms with van der Waals surface area (Å²) in [6, 6.07) is 55.0. The highest BCUT2D eigenvalue weighted by atomic mass is 16.3. The van der Waals surface area contributed by atoms with Gasteiger partial charge in [0, 0.05) is 27.5 Å². The van der Waals surface area contributed by atoms with Crippen molar-refractivity contribution in [1.29, 1.82) is 0 Å². The van der Waals surface area contributed by atoms with E-state index >= 15 is 0 Å². The van der Waals surface area contributed by atoms with Crippen LogP contribution in [0.4, 0.5) is 0 Å². The highest BCUT2D eigenvalue weighted by molar-refractivity contribution is 6.10. The van der Waals surface area contributed by atoms with Crippen molar-refractivity contribution in [3.63, 3.8) is 0 Å². The molecule has 2 aromatic heterocycles. The predicted octanol–water partition coefficient (Wildman–Crippen LogP) is 11.4. The lowest BCUT2D eigenvalue weighted by Crippen LogP contribution is -1.95. The number of benzene rings is 7. The van der Waals surface area contributed by atoms with Crippen molar-refractivity contribution in [3.8, 4) is 45.0 Å². The molecule has 210 valence electrons. The number of nitrogens with zero attached hydrogens (tertiary/aromatic N) is 2. The van der Waals surface area contributed by atoms with Crippen LogP contribution in [0.25, 0.3) is 88.5 Å². The first kappa shape index (κ1) is 25.4. The van der Waals surface area contributed by atoms with Gasteiger partial charge in [0.25, 0.3) is 0 Å². The van der Waals surface area contributed by atoms with Crippen LogP contribution < -0.4 is 0 Å². The Hall–Kier alpha value is -6.06. The molecule has 0 saturated heterocycles. The third-order valence-corrected chi connectivity index (χ3v) is 8.67. The van der Waals surface area contributed by atoms with Crippen molar-refractivity contribution in [2.75, 3.05) is 0 Å². The largest absolute Gasteiger partial charge is 0.456 e. The zero-order chi connectivity index (χ0) is 29.7. The summed E-state index contributed by atoms with van der Waals surface area (Å²) in [4.78, 5) is 10.0. The van der Waals surface area contributed by atoms with Crippen LogP contribution in [0.15, 0.2) is 162 Å². The number of aromatic nitrogens is 2. The molecule has 0 bridgehead atoms. The summed E-state index contributed by atoms with van der Waals surface area (Å²) < 4.78 is 6.40. The average molecular weight is 575 g/mol. The molecule has 0 fully saturated rings. The average Bonchev–Trinajstić information content (AvgIpc) is 3.49. The normalized spacial score (nSPS) is 11.6. The Labute approximate surface area is 260 Å². The molecule has 9 aromatic rings. The van der Waals surface area contributed by atoms with Crippen LogP contribution >= 0.6 is 0 Å². The van der Waals surface area contributed by atoms with E-state index in [1.165, 1.54) is 27.1 Å². The highest BCUT2D eigenvalue weighted by Gasteiger charge is 2.14. The fraction of sp³-hybridized carbons (Fsp3) is 0. The van der Waals surface area contributed by atoms with Gasteiger partial charge in [-0.3, -0.25) is 0 Å². The molecule has 9 rings (SSSR count). The summed E-state index contributed by atoms with van der Waals surface area (Å²) in [6.07, 6.45) is 0. The fourth-order valence-electron chi connectivity index (χ4n) is 6.38. The Morgan fingerprint density at radius 1 is 0.333 bits per heavy atom. The standard InChI is InChI=1S/C42H26N2O/c1-3-10-28(11-4-1)38-26-39(29-12-5-2-6-13-29)44-42(43-38)33-18-21-36-37-24-31(19-22-40(37)45-41(36)25-33)30-17-20-35-32(23-30)16-15-27-9-7-8-14-34(27)35/h1-26H. The molecular formula is C42H26N2O. The highest BCUT2D eigenvalue weighted by Crippen LogP contribution is 2.36. The molecule has 0 radical (unpaired) electrons. The molecule has 0 spiro atoms. The van der Waals surface area contributed by atoms with Gasteiger partial charge in [-0.1, -0.05) is 121 Å². The molecule has 0 aliphatic rings. The first-order chi connectivity index (χ1) is 22.3. The van der Waals surface area contributed by atoms with Crippen LogP contribution in [0.3, 0.4) is 0 Å². The summed E-state index contributed by atoms with van der Waals surface area (Å²) in [5, 5.41) is 7.22. The number of hydrogen-bond acceptors (Lipinski definition) is 3. The van der Waals surface area contributed by atoms with Crippen molar-refractivity contribution in [2.45, 2.75) is 0 Å². The van der Waals surface area contributed by atoms with Crippen LogP contribution in [0.2, 0.25) is 0 Å². The first-order valence-electron chi connectivity index (χ1n) is 15.2. The molecule has 0 amide bonds. The Morgan fingerprint density at radius 2 is 0.933 bits per heavy atom. The summed E-state index contributed by atoms with van der Waals surface area (Å²) in [5.74, 6) is 0.668. The molecule has 0 aliphatic carbocycles. The fourth-order valence-corrected chi connectivity index (χ4v) is 6.38. The van der Waals surface area contributed by atoms with Crippen molar-refractivity contribution in [3.05, 3.63) is 158 Å². The van der Waals surface area contributed by atoms with Crippen molar-refractivity contribution in [1.82, 2.24) is 9.97 Å². The van der Waals surface area contributed by atoms with E-state index in [1.54, 1.807) is 0 Å². The van der Waals surface area contributed by atoms with Crippen LogP contribution in [0.5, 0.6) is 0 Å². The quantitative estimate of drug-likeness (QED) is 0.196. The van der Waals surface area contributed by atoms with Gasteiger partial charge >= 0.3 is 0 Å². The Morgan fingerprint density at radius 3 is 1.71 bits per heavy atom. The number of furan rings is 1. The van der Waals surface area contributed by atoms with E-state index in [0.717, 1.165) is 55.6 Å². The van der Waals surface area contributed by atoms with Crippen LogP contribution in [0.1, 0.15) is 0 Å². The van der Waals surface area contributed by atoms with Gasteiger partial charge in [-0.25, -0.2) is 9.97 Å². The topological polar surface area (TPSA) is 38.9 Å². The van der Waals surface area contributed by atoms with Gasteiger partial charge in [0.1, 0.15) is 11.2 Å². The molecule has 0 atom stereocenters. The minimum atomic E-state index is 0.668. The molecule has 3 heteroatoms. The zero-order valence-electron chi connectivity index (χ0n) is 24.3. The van der Waals surface area contributed by atoms with Gasteiger partial charge in [-0.15, -0.1) is 0 Å². The van der Waals surface area contributed by atoms with Gasteiger partial charge in [-0.05, 0) is 69.1 Å². The van der Waals surface area contributed by atoms with Gasteiger partial charge in [0.15, 0.2) is 5.82 Å². The van der Waals surface area contributed by atoms with E-state index < -0.39 is 0 Å². The number of fused-ring (bicyclic) bond motifs is 6. The smallest absolute Gasteiger partial charge is 0.160 e. The van der Waals surface area contributed by atoms with E-state index in [4.69, 9.17) is 14.4 Å². The molecule has 0 N–H and O–H groups in total. The monoisotopic (exact) mass is 574 g/mol. The molecule has 0 saturated carbocycles. The minimum absolute atomic E-state index is 0.668. The van der Waals surface area contributed by atoms with Crippen LogP contribution in [-0.2, 0) is 0 Å². The maximum atomic E-state index is 6.40. The Bertz CT molecular complexity index is 2470. The number of rotatable bonds is 4. The van der Waals surface area contributed by atoms with Gasteiger partial charge in [-0.2, -0.15) is 0 Å². The van der Waals surface area contributed by atoms with Gasteiger partial charge < -0.3 is 4.42 Å². The Balaban J connectivity index is 1.14. The van der Waals surface area contributed by atoms with E-state index in [9.17, 15) is 0 Å². The third kappa shape index (κ3) is 4.45. The van der Waals surface area contributed by atoms with Crippen LogP contribution in [-0.4, -0.2) is 9.97 Å². The van der Waals surface area contributed by atoms with Gasteiger partial charge in [0.2, 0.25) is 0 Å². The lowest BCUT2D eigenvalue weighted by atomic mass is 9.96. The maximum Gasteiger partial charge on any atom is 0.160 e. The van der Waals surface area contributed by atoms with E-state index in [0.29, 0.717) is 5.82 Å². The van der Waals surface area contributed by atoms with E-state index in [-0.39, 0.29) is 0 Å². The van der Waals surface area contributed by atoms with Gasteiger partial charge in [0.05, 0.1) is 11.4 Å². The molecule has 7 aromatic carbocycles. The van der Waals surface area contributed by atoms with E-state index in [1.807, 2.05) is 36.4 Å². The molecule has 45 heavy (non-hydrogen) atoms. The molecular weight excluding hydrogens is 548 g/mol.